The van der Waals surface area contributed by atoms with Crippen LogP contribution in [-0.4, -0.2) is 23.1 Å². The molecule has 0 aliphatic rings. The molecule has 0 atom stereocenters. The molecule has 2 aromatic carbocycles. The van der Waals surface area contributed by atoms with Crippen molar-refractivity contribution in [1.29, 1.82) is 0 Å². The molecule has 5 nitrogen and oxygen atoms in total. The minimum atomic E-state index is -0.301. The van der Waals surface area contributed by atoms with Crippen molar-refractivity contribution in [2.45, 2.75) is 6.61 Å². The molecule has 1 amide bonds. The monoisotopic (exact) mass is 308 g/mol. The summed E-state index contributed by atoms with van der Waals surface area (Å²) in [5.41, 5.74) is 2.29. The van der Waals surface area contributed by atoms with E-state index in [0.717, 1.165) is 10.9 Å². The van der Waals surface area contributed by atoms with Crippen molar-refractivity contribution in [3.63, 3.8) is 0 Å². The number of amides is 1. The summed E-state index contributed by atoms with van der Waals surface area (Å²) >= 11 is 0. The van der Waals surface area contributed by atoms with Gasteiger partial charge in [0.25, 0.3) is 5.91 Å². The van der Waals surface area contributed by atoms with Crippen LogP contribution in [-0.2, 0) is 6.61 Å². The number of ether oxygens (including phenoxy) is 1. The minimum absolute atomic E-state index is 0.166. The van der Waals surface area contributed by atoms with E-state index in [-0.39, 0.29) is 12.5 Å². The third kappa shape index (κ3) is 3.14. The molecule has 116 valence electrons. The number of aliphatic hydroxyl groups excluding tert-OH is 1. The Morgan fingerprint density at radius 3 is 2.78 bits per heavy atom. The quantitative estimate of drug-likeness (QED) is 0.777. The smallest absolute Gasteiger partial charge is 0.274 e. The minimum Gasteiger partial charge on any atom is -0.496 e. The zero-order chi connectivity index (χ0) is 16.2. The van der Waals surface area contributed by atoms with Crippen LogP contribution < -0.4 is 10.1 Å². The van der Waals surface area contributed by atoms with Gasteiger partial charge in [0.2, 0.25) is 0 Å². The number of anilines is 1. The number of rotatable bonds is 4. The first-order valence-corrected chi connectivity index (χ1v) is 7.16. The second-order valence-electron chi connectivity index (χ2n) is 5.03. The summed E-state index contributed by atoms with van der Waals surface area (Å²) < 4.78 is 5.14. The van der Waals surface area contributed by atoms with Crippen molar-refractivity contribution in [2.24, 2.45) is 0 Å². The van der Waals surface area contributed by atoms with E-state index in [0.29, 0.717) is 22.7 Å². The molecule has 5 heteroatoms. The van der Waals surface area contributed by atoms with E-state index in [1.54, 1.807) is 24.3 Å². The van der Waals surface area contributed by atoms with Gasteiger partial charge in [-0.1, -0.05) is 24.3 Å². The maximum absolute atomic E-state index is 12.3. The van der Waals surface area contributed by atoms with Crippen molar-refractivity contribution >= 4 is 22.5 Å². The van der Waals surface area contributed by atoms with Gasteiger partial charge in [-0.15, -0.1) is 0 Å². The fraction of sp³-hybridized carbons (Fsp3) is 0.111. The van der Waals surface area contributed by atoms with Gasteiger partial charge in [0.1, 0.15) is 11.4 Å². The fourth-order valence-electron chi connectivity index (χ4n) is 2.37. The van der Waals surface area contributed by atoms with Crippen molar-refractivity contribution < 1.29 is 14.6 Å². The second kappa shape index (κ2) is 6.46. The predicted octanol–water partition coefficient (Wildman–Crippen LogP) is 2.99. The Hall–Kier alpha value is -2.92. The summed E-state index contributed by atoms with van der Waals surface area (Å²) in [6.07, 6.45) is 0. The first-order chi connectivity index (χ1) is 11.2. The summed E-state index contributed by atoms with van der Waals surface area (Å²) in [7, 11) is 1.53. The number of carbonyl (C=O) groups is 1. The number of aliphatic hydroxyl groups is 1. The molecular weight excluding hydrogens is 292 g/mol. The van der Waals surface area contributed by atoms with Crippen LogP contribution in [0.25, 0.3) is 10.9 Å². The van der Waals surface area contributed by atoms with E-state index >= 15 is 0 Å². The van der Waals surface area contributed by atoms with Crippen LogP contribution in [0, 0.1) is 0 Å². The molecule has 1 heterocycles. The summed E-state index contributed by atoms with van der Waals surface area (Å²) in [6.45, 7) is -0.166. The molecule has 0 bridgehead atoms. The Labute approximate surface area is 133 Å². The van der Waals surface area contributed by atoms with E-state index in [9.17, 15) is 9.90 Å². The number of pyridine rings is 1. The van der Waals surface area contributed by atoms with Gasteiger partial charge in [-0.05, 0) is 30.3 Å². The van der Waals surface area contributed by atoms with Crippen LogP contribution in [0.1, 0.15) is 16.1 Å². The lowest BCUT2D eigenvalue weighted by atomic mass is 10.1. The van der Waals surface area contributed by atoms with E-state index < -0.39 is 0 Å². The molecule has 2 N–H and O–H groups in total. The average molecular weight is 308 g/mol. The van der Waals surface area contributed by atoms with Crippen molar-refractivity contribution in [3.05, 3.63) is 65.9 Å². The van der Waals surface area contributed by atoms with E-state index in [2.05, 4.69) is 10.3 Å². The maximum Gasteiger partial charge on any atom is 0.274 e. The third-order valence-corrected chi connectivity index (χ3v) is 3.54. The number of aromatic nitrogens is 1. The van der Waals surface area contributed by atoms with Crippen LogP contribution in [0.15, 0.2) is 54.6 Å². The molecular formula is C18H16N2O3. The molecule has 0 saturated carbocycles. The number of hydrogen-bond acceptors (Lipinski definition) is 4. The highest BCUT2D eigenvalue weighted by Gasteiger charge is 2.10. The van der Waals surface area contributed by atoms with Crippen molar-refractivity contribution in [1.82, 2.24) is 4.98 Å². The zero-order valence-corrected chi connectivity index (χ0v) is 12.6. The first kappa shape index (κ1) is 15.0. The van der Waals surface area contributed by atoms with Gasteiger partial charge >= 0.3 is 0 Å². The molecule has 0 aliphatic heterocycles. The van der Waals surface area contributed by atoms with Crippen LogP contribution in [0.4, 0.5) is 5.69 Å². The molecule has 0 unspecified atom stereocenters. The maximum atomic E-state index is 12.3. The Balaban J connectivity index is 1.85. The fourth-order valence-corrected chi connectivity index (χ4v) is 2.37. The van der Waals surface area contributed by atoms with Crippen molar-refractivity contribution in [2.75, 3.05) is 12.4 Å². The molecule has 3 rings (SSSR count). The highest BCUT2D eigenvalue weighted by Crippen LogP contribution is 2.23. The molecule has 0 saturated heterocycles. The zero-order valence-electron chi connectivity index (χ0n) is 12.6. The number of carbonyl (C=O) groups excluding carboxylic acids is 1. The van der Waals surface area contributed by atoms with E-state index in [1.165, 1.54) is 7.11 Å². The molecule has 1 aromatic heterocycles. The number of methoxy groups -OCH3 is 1. The lowest BCUT2D eigenvalue weighted by Crippen LogP contribution is -2.13. The van der Waals surface area contributed by atoms with Gasteiger partial charge in [-0.2, -0.15) is 0 Å². The van der Waals surface area contributed by atoms with Gasteiger partial charge in [0, 0.05) is 16.6 Å². The highest BCUT2D eigenvalue weighted by molar-refractivity contribution is 6.04. The van der Waals surface area contributed by atoms with Crippen LogP contribution in [0.5, 0.6) is 5.75 Å². The molecule has 0 radical (unpaired) electrons. The largest absolute Gasteiger partial charge is 0.496 e. The molecule has 23 heavy (non-hydrogen) atoms. The highest BCUT2D eigenvalue weighted by atomic mass is 16.5. The number of fused-ring (bicyclic) bond motifs is 1. The Kier molecular flexibility index (Phi) is 4.21. The lowest BCUT2D eigenvalue weighted by molar-refractivity contribution is 0.102. The lowest BCUT2D eigenvalue weighted by Gasteiger charge is -2.10. The van der Waals surface area contributed by atoms with Crippen LogP contribution in [0.3, 0.4) is 0 Å². The molecule has 0 fully saturated rings. The topological polar surface area (TPSA) is 71.5 Å². The molecule has 3 aromatic rings. The van der Waals surface area contributed by atoms with E-state index in [4.69, 9.17) is 4.74 Å². The summed E-state index contributed by atoms with van der Waals surface area (Å²) in [6, 6.07) is 16.3. The number of nitrogens with zero attached hydrogens (tertiary/aromatic N) is 1. The van der Waals surface area contributed by atoms with E-state index in [1.807, 2.05) is 30.3 Å². The van der Waals surface area contributed by atoms with Crippen LogP contribution >= 0.6 is 0 Å². The number of hydrogen-bond donors (Lipinski definition) is 2. The van der Waals surface area contributed by atoms with Gasteiger partial charge in [0.05, 0.1) is 19.2 Å². The number of benzene rings is 2. The second-order valence-corrected chi connectivity index (χ2v) is 5.03. The third-order valence-electron chi connectivity index (χ3n) is 3.54. The van der Waals surface area contributed by atoms with Gasteiger partial charge in [-0.3, -0.25) is 4.79 Å². The summed E-state index contributed by atoms with van der Waals surface area (Å²) in [5, 5.41) is 13.1. The SMILES string of the molecule is COc1ccc(NC(=O)c2ccc3ccccc3n2)cc1CO. The molecule has 0 aliphatic carbocycles. The van der Waals surface area contributed by atoms with Crippen molar-refractivity contribution in [3.8, 4) is 5.75 Å². The predicted molar refractivity (Wildman–Crippen MR) is 88.6 cm³/mol. The first-order valence-electron chi connectivity index (χ1n) is 7.16. The molecule has 0 spiro atoms. The standard InChI is InChI=1S/C18H16N2O3/c1-23-17-9-7-14(10-13(17)11-21)19-18(22)16-8-6-12-4-2-3-5-15(12)20-16/h2-10,21H,11H2,1H3,(H,19,22). The van der Waals surface area contributed by atoms with Gasteiger partial charge in [0.15, 0.2) is 0 Å². The number of para-hydroxylation sites is 1. The Morgan fingerprint density at radius 1 is 1.17 bits per heavy atom. The number of nitrogens with one attached hydrogen (secondary N) is 1. The summed E-state index contributed by atoms with van der Waals surface area (Å²) in [5.74, 6) is 0.277. The normalized spacial score (nSPS) is 10.5. The Bertz CT molecular complexity index is 862. The van der Waals surface area contributed by atoms with Crippen LogP contribution in [0.2, 0.25) is 0 Å². The average Bonchev–Trinajstić information content (AvgIpc) is 2.61. The Morgan fingerprint density at radius 2 is 2.00 bits per heavy atom. The summed E-state index contributed by atoms with van der Waals surface area (Å²) in [4.78, 5) is 16.7. The van der Waals surface area contributed by atoms with Gasteiger partial charge in [-0.25, -0.2) is 4.98 Å². The van der Waals surface area contributed by atoms with Gasteiger partial charge < -0.3 is 15.2 Å².